The van der Waals surface area contributed by atoms with E-state index in [0.29, 0.717) is 23.4 Å². The molecule has 2 aromatic rings. The fraction of sp³-hybridized carbons (Fsp3) is 0.231. The smallest absolute Gasteiger partial charge is 0.187 e. The van der Waals surface area contributed by atoms with Crippen LogP contribution in [0.1, 0.15) is 12.0 Å². The Morgan fingerprint density at radius 1 is 1.38 bits per heavy atom. The molecule has 0 aliphatic rings. The van der Waals surface area contributed by atoms with Gasteiger partial charge in [0.1, 0.15) is 18.2 Å². The van der Waals surface area contributed by atoms with Crippen LogP contribution in [-0.4, -0.2) is 28.7 Å². The van der Waals surface area contributed by atoms with E-state index in [1.807, 2.05) is 0 Å². The molecule has 21 heavy (non-hydrogen) atoms. The molecule has 0 aliphatic heterocycles. The molecule has 0 saturated heterocycles. The van der Waals surface area contributed by atoms with E-state index in [1.165, 1.54) is 6.20 Å². The fourth-order valence-corrected chi connectivity index (χ4v) is 2.33. The summed E-state index contributed by atoms with van der Waals surface area (Å²) >= 11 is 0. The number of nitrogens with zero attached hydrogens (tertiary/aromatic N) is 4. The van der Waals surface area contributed by atoms with Crippen molar-refractivity contribution in [1.29, 1.82) is 5.26 Å². The Hall–Kier alpha value is -2.37. The topological polar surface area (TPSA) is 111 Å². The molecule has 2 rings (SSSR count). The second kappa shape index (κ2) is 6.39. The normalized spacial score (nSPS) is 11.0. The van der Waals surface area contributed by atoms with E-state index in [4.69, 9.17) is 0 Å². The summed E-state index contributed by atoms with van der Waals surface area (Å²) in [7, 11) is -4.21. The Morgan fingerprint density at radius 2 is 2.19 bits per heavy atom. The summed E-state index contributed by atoms with van der Waals surface area (Å²) in [5, 5.41) is 9.20. The highest BCUT2D eigenvalue weighted by Gasteiger charge is 2.12. The van der Waals surface area contributed by atoms with Crippen molar-refractivity contribution in [3.63, 3.8) is 0 Å². The van der Waals surface area contributed by atoms with E-state index < -0.39 is 15.9 Å². The Labute approximate surface area is 122 Å². The Kier molecular flexibility index (Phi) is 4.57. The summed E-state index contributed by atoms with van der Waals surface area (Å²) < 4.78 is 33.3. The molecule has 0 radical (unpaired) electrons. The third-order valence-electron chi connectivity index (χ3n) is 2.79. The number of pyridine rings is 1. The van der Waals surface area contributed by atoms with Crippen molar-refractivity contribution in [1.82, 2.24) is 9.97 Å². The lowest BCUT2D eigenvalue weighted by Gasteiger charge is -2.05. The van der Waals surface area contributed by atoms with Gasteiger partial charge in [0.25, 0.3) is 0 Å². The number of hydrogen-bond acceptors (Lipinski definition) is 6. The van der Waals surface area contributed by atoms with Gasteiger partial charge >= 0.3 is 0 Å². The highest BCUT2D eigenvalue weighted by molar-refractivity contribution is 7.85. The van der Waals surface area contributed by atoms with Crippen LogP contribution in [0.25, 0.3) is 11.3 Å². The zero-order chi connectivity index (χ0) is 15.3. The van der Waals surface area contributed by atoms with E-state index in [9.17, 15) is 18.2 Å². The van der Waals surface area contributed by atoms with E-state index in [0.717, 1.165) is 0 Å². The summed E-state index contributed by atoms with van der Waals surface area (Å²) in [6.07, 6.45) is 8.15. The van der Waals surface area contributed by atoms with E-state index in [2.05, 4.69) is 16.0 Å². The van der Waals surface area contributed by atoms with Crippen molar-refractivity contribution in [2.45, 2.75) is 13.0 Å². The molecule has 0 bridgehead atoms. The van der Waals surface area contributed by atoms with Gasteiger partial charge in [0.2, 0.25) is 0 Å². The molecule has 0 aliphatic carbocycles. The SMILES string of the molecule is N#Cc1c[n+](CCCS(=O)(=O)[O-])ccc1-c1cnccn1. The highest BCUT2D eigenvalue weighted by Crippen LogP contribution is 2.18. The molecule has 2 aromatic heterocycles. The van der Waals surface area contributed by atoms with Crippen molar-refractivity contribution in [3.05, 3.63) is 42.6 Å². The van der Waals surface area contributed by atoms with Crippen LogP contribution in [0.5, 0.6) is 0 Å². The van der Waals surface area contributed by atoms with Gasteiger partial charge in [-0.3, -0.25) is 9.97 Å². The Bertz CT molecular complexity index is 770. The van der Waals surface area contributed by atoms with Gasteiger partial charge in [0.05, 0.1) is 22.0 Å². The molecule has 108 valence electrons. The van der Waals surface area contributed by atoms with Crippen LogP contribution in [0, 0.1) is 11.3 Å². The maximum Gasteiger partial charge on any atom is 0.187 e. The lowest BCUT2D eigenvalue weighted by Crippen LogP contribution is -2.34. The van der Waals surface area contributed by atoms with Gasteiger partial charge in [-0.05, 0) is 0 Å². The van der Waals surface area contributed by atoms with Gasteiger partial charge in [0, 0.05) is 36.2 Å². The molecule has 0 fully saturated rings. The molecule has 0 atom stereocenters. The first-order valence-corrected chi connectivity index (χ1v) is 7.70. The fourth-order valence-electron chi connectivity index (χ4n) is 1.85. The summed E-state index contributed by atoms with van der Waals surface area (Å²) in [6, 6.07) is 3.79. The van der Waals surface area contributed by atoms with Crippen molar-refractivity contribution in [2.24, 2.45) is 0 Å². The molecule has 0 N–H and O–H groups in total. The monoisotopic (exact) mass is 304 g/mol. The molecular weight excluding hydrogens is 292 g/mol. The predicted molar refractivity (Wildman–Crippen MR) is 71.6 cm³/mol. The van der Waals surface area contributed by atoms with Crippen LogP contribution in [-0.2, 0) is 16.7 Å². The average molecular weight is 304 g/mol. The number of aryl methyl sites for hydroxylation is 1. The molecule has 2 heterocycles. The first-order valence-electron chi connectivity index (χ1n) is 6.13. The Morgan fingerprint density at radius 3 is 2.81 bits per heavy atom. The van der Waals surface area contributed by atoms with Crippen molar-refractivity contribution in [3.8, 4) is 17.3 Å². The minimum Gasteiger partial charge on any atom is -0.748 e. The van der Waals surface area contributed by atoms with Crippen molar-refractivity contribution >= 4 is 10.1 Å². The summed E-state index contributed by atoms with van der Waals surface area (Å²) in [4.78, 5) is 8.09. The molecule has 0 saturated carbocycles. The van der Waals surface area contributed by atoms with Crippen molar-refractivity contribution < 1.29 is 17.5 Å². The third-order valence-corrected chi connectivity index (χ3v) is 3.58. The van der Waals surface area contributed by atoms with Crippen LogP contribution >= 0.6 is 0 Å². The molecule has 0 amide bonds. The van der Waals surface area contributed by atoms with Gasteiger partial charge < -0.3 is 4.55 Å². The van der Waals surface area contributed by atoms with Gasteiger partial charge in [-0.1, -0.05) is 0 Å². The first-order chi connectivity index (χ1) is 9.99. The second-order valence-corrected chi connectivity index (χ2v) is 5.85. The van der Waals surface area contributed by atoms with Gasteiger partial charge in [-0.25, -0.2) is 13.0 Å². The minimum absolute atomic E-state index is 0.200. The van der Waals surface area contributed by atoms with Gasteiger partial charge in [-0.2, -0.15) is 5.26 Å². The minimum atomic E-state index is -4.21. The van der Waals surface area contributed by atoms with Gasteiger partial charge in [0.15, 0.2) is 12.4 Å². The van der Waals surface area contributed by atoms with Crippen LogP contribution in [0.3, 0.4) is 0 Å². The number of nitriles is 1. The summed E-state index contributed by atoms with van der Waals surface area (Å²) in [5.41, 5.74) is 1.64. The summed E-state index contributed by atoms with van der Waals surface area (Å²) in [6.45, 7) is 0.344. The third kappa shape index (κ3) is 4.30. The largest absolute Gasteiger partial charge is 0.748 e. The summed E-state index contributed by atoms with van der Waals surface area (Å²) in [5.74, 6) is -0.423. The first kappa shape index (κ1) is 15.0. The van der Waals surface area contributed by atoms with Crippen LogP contribution in [0.4, 0.5) is 0 Å². The zero-order valence-corrected chi connectivity index (χ0v) is 11.8. The second-order valence-electron chi connectivity index (χ2n) is 4.33. The maximum absolute atomic E-state index is 10.6. The number of hydrogen-bond donors (Lipinski definition) is 0. The number of rotatable bonds is 5. The highest BCUT2D eigenvalue weighted by atomic mass is 32.2. The molecule has 0 spiro atoms. The average Bonchev–Trinajstić information content (AvgIpc) is 2.46. The lowest BCUT2D eigenvalue weighted by atomic mass is 10.1. The number of aromatic nitrogens is 3. The van der Waals surface area contributed by atoms with Crippen LogP contribution < -0.4 is 4.57 Å². The van der Waals surface area contributed by atoms with E-state index in [-0.39, 0.29) is 6.42 Å². The predicted octanol–water partition coefficient (Wildman–Crippen LogP) is 0.238. The van der Waals surface area contributed by atoms with Crippen LogP contribution in [0.2, 0.25) is 0 Å². The van der Waals surface area contributed by atoms with Gasteiger partial charge in [-0.15, -0.1) is 0 Å². The Balaban J connectivity index is 2.20. The lowest BCUT2D eigenvalue weighted by molar-refractivity contribution is -0.696. The van der Waals surface area contributed by atoms with E-state index in [1.54, 1.807) is 35.4 Å². The maximum atomic E-state index is 10.6. The molecule has 8 heteroatoms. The molecule has 0 unspecified atom stereocenters. The molecule has 0 aromatic carbocycles. The zero-order valence-electron chi connectivity index (χ0n) is 11.0. The molecular formula is C13H12N4O3S. The van der Waals surface area contributed by atoms with Crippen molar-refractivity contribution in [2.75, 3.05) is 5.75 Å². The standard InChI is InChI=1S/C13H12N4O3S/c14-8-11-10-17(5-1-7-21(18,19)20)6-2-12(11)13-9-15-3-4-16-13/h2-4,6,9-10H,1,5,7H2. The van der Waals surface area contributed by atoms with E-state index >= 15 is 0 Å². The van der Waals surface area contributed by atoms with Crippen LogP contribution in [0.15, 0.2) is 37.1 Å². The quantitative estimate of drug-likeness (QED) is 0.578. The molecule has 7 nitrogen and oxygen atoms in total.